The second kappa shape index (κ2) is 4.73. The molecule has 7 heteroatoms. The van der Waals surface area contributed by atoms with Crippen LogP contribution in [0, 0.1) is 6.92 Å². The number of thiazole rings is 1. The second-order valence-corrected chi connectivity index (χ2v) is 5.89. The molecule has 1 rings (SSSR count). The molecule has 0 aliphatic carbocycles. The van der Waals surface area contributed by atoms with Crippen LogP contribution >= 0.6 is 11.3 Å². The molecule has 5 nitrogen and oxygen atoms in total. The fourth-order valence-corrected chi connectivity index (χ4v) is 3.40. The number of hydrogen-bond acceptors (Lipinski definition) is 5. The number of sulfonamides is 1. The number of rotatable bonds is 5. The normalized spacial score (nSPS) is 11.5. The monoisotopic (exact) mass is 247 g/mol. The molecule has 0 spiro atoms. The minimum Gasteiger partial charge on any atom is -0.375 e. The van der Waals surface area contributed by atoms with Crippen LogP contribution < -0.4 is 10.5 Å². The summed E-state index contributed by atoms with van der Waals surface area (Å²) in [5.41, 5.74) is 5.86. The Kier molecular flexibility index (Phi) is 3.83. The largest absolute Gasteiger partial charge is 0.375 e. The van der Waals surface area contributed by atoms with E-state index in [0.29, 0.717) is 18.7 Å². The van der Waals surface area contributed by atoms with Crippen LogP contribution in [0.3, 0.4) is 0 Å². The van der Waals surface area contributed by atoms with Gasteiger partial charge in [0.05, 0.1) is 5.69 Å². The molecule has 0 aliphatic heterocycles. The van der Waals surface area contributed by atoms with Gasteiger partial charge in [-0.1, -0.05) is 17.4 Å². The van der Waals surface area contributed by atoms with Gasteiger partial charge in [0, 0.05) is 6.54 Å². The number of nitrogen functional groups attached to an aromatic ring is 1. The first kappa shape index (κ1) is 12.2. The van der Waals surface area contributed by atoms with Crippen LogP contribution in [0.2, 0.25) is 0 Å². The van der Waals surface area contributed by atoms with E-state index < -0.39 is 10.0 Å². The van der Waals surface area contributed by atoms with E-state index in [1.54, 1.807) is 13.0 Å². The molecule has 0 amide bonds. The highest BCUT2D eigenvalue weighted by molar-refractivity contribution is 7.91. The number of anilines is 1. The molecule has 0 unspecified atom stereocenters. The number of aryl methyl sites for hydroxylation is 1. The first-order valence-corrected chi connectivity index (χ1v) is 6.61. The van der Waals surface area contributed by atoms with Crippen LogP contribution in [0.4, 0.5) is 5.13 Å². The average molecular weight is 247 g/mol. The summed E-state index contributed by atoms with van der Waals surface area (Å²) in [5.74, 6) is 0. The summed E-state index contributed by atoms with van der Waals surface area (Å²) in [5, 5.41) is 0.261. The maximum absolute atomic E-state index is 11.7. The number of nitrogens with two attached hydrogens (primary N) is 1. The van der Waals surface area contributed by atoms with Gasteiger partial charge in [-0.2, -0.15) is 0 Å². The van der Waals surface area contributed by atoms with Gasteiger partial charge in [0.25, 0.3) is 10.0 Å². The number of nitrogens with zero attached hydrogens (tertiary/aromatic N) is 1. The Bertz CT molecular complexity index is 450. The van der Waals surface area contributed by atoms with Gasteiger partial charge in [-0.25, -0.2) is 18.1 Å². The highest BCUT2D eigenvalue weighted by atomic mass is 32.2. The molecule has 1 heterocycles. The van der Waals surface area contributed by atoms with Crippen molar-refractivity contribution in [2.45, 2.75) is 17.6 Å². The van der Waals surface area contributed by atoms with E-state index >= 15 is 0 Å². The summed E-state index contributed by atoms with van der Waals surface area (Å²) in [4.78, 5) is 3.86. The van der Waals surface area contributed by atoms with Crippen LogP contribution in [0.25, 0.3) is 0 Å². The Balaban J connectivity index is 2.86. The topological polar surface area (TPSA) is 85.1 Å². The molecule has 3 N–H and O–H groups in total. The van der Waals surface area contributed by atoms with E-state index in [2.05, 4.69) is 16.3 Å². The number of nitrogens with one attached hydrogen (secondary N) is 1. The predicted molar refractivity (Wildman–Crippen MR) is 61.3 cm³/mol. The summed E-state index contributed by atoms with van der Waals surface area (Å²) in [6.45, 7) is 5.47. The number of hydrogen-bond donors (Lipinski definition) is 2. The molecule has 0 atom stereocenters. The Hall–Kier alpha value is -0.920. The Morgan fingerprint density at radius 3 is 2.80 bits per heavy atom. The van der Waals surface area contributed by atoms with Gasteiger partial charge in [0.15, 0.2) is 9.34 Å². The third-order valence-corrected chi connectivity index (χ3v) is 4.71. The lowest BCUT2D eigenvalue weighted by Crippen LogP contribution is -2.24. The first-order valence-electron chi connectivity index (χ1n) is 4.31. The van der Waals surface area contributed by atoms with Crippen molar-refractivity contribution in [3.8, 4) is 0 Å². The van der Waals surface area contributed by atoms with Crippen LogP contribution in [0.1, 0.15) is 12.1 Å². The van der Waals surface area contributed by atoms with E-state index in [1.165, 1.54) is 0 Å². The maximum Gasteiger partial charge on any atom is 0.252 e. The predicted octanol–water partition coefficient (Wildman–Crippen LogP) is 0.888. The molecular weight excluding hydrogens is 234 g/mol. The van der Waals surface area contributed by atoms with Gasteiger partial charge in [0.1, 0.15) is 0 Å². The van der Waals surface area contributed by atoms with Gasteiger partial charge in [-0.05, 0) is 13.3 Å². The van der Waals surface area contributed by atoms with E-state index in [4.69, 9.17) is 5.73 Å². The SMILES string of the molecule is C=CCCNS(=O)(=O)c1sc(N)nc1C. The standard InChI is InChI=1S/C8H13N3O2S2/c1-3-4-5-10-15(12,13)7-6(2)11-8(9)14-7/h3,10H,1,4-5H2,2H3,(H2,9,11). The van der Waals surface area contributed by atoms with Gasteiger partial charge >= 0.3 is 0 Å². The highest BCUT2D eigenvalue weighted by Crippen LogP contribution is 2.24. The summed E-state index contributed by atoms with van der Waals surface area (Å²) in [6.07, 6.45) is 2.24. The molecule has 1 aromatic heterocycles. The Labute approximate surface area is 93.1 Å². The Morgan fingerprint density at radius 2 is 2.33 bits per heavy atom. The lowest BCUT2D eigenvalue weighted by atomic mass is 10.4. The van der Waals surface area contributed by atoms with Gasteiger partial charge in [-0.3, -0.25) is 0 Å². The smallest absolute Gasteiger partial charge is 0.252 e. The zero-order chi connectivity index (χ0) is 11.5. The van der Waals surface area contributed by atoms with E-state index in [1.807, 2.05) is 0 Å². The summed E-state index contributed by atoms with van der Waals surface area (Å²) < 4.78 is 26.1. The molecular formula is C8H13N3O2S2. The third kappa shape index (κ3) is 3.01. The van der Waals surface area contributed by atoms with Crippen molar-refractivity contribution in [2.24, 2.45) is 0 Å². The second-order valence-electron chi connectivity index (χ2n) is 2.90. The minimum absolute atomic E-state index is 0.184. The van der Waals surface area contributed by atoms with Crippen molar-refractivity contribution < 1.29 is 8.42 Å². The highest BCUT2D eigenvalue weighted by Gasteiger charge is 2.20. The van der Waals surface area contributed by atoms with Gasteiger partial charge in [0.2, 0.25) is 0 Å². The minimum atomic E-state index is -3.46. The van der Waals surface area contributed by atoms with Crippen LogP contribution in [0.5, 0.6) is 0 Å². The van der Waals surface area contributed by atoms with Crippen LogP contribution in [0.15, 0.2) is 16.9 Å². The fourth-order valence-electron chi connectivity index (χ4n) is 1.01. The van der Waals surface area contributed by atoms with Crippen molar-refractivity contribution in [3.63, 3.8) is 0 Å². The fraction of sp³-hybridized carbons (Fsp3) is 0.375. The molecule has 0 saturated carbocycles. The molecule has 15 heavy (non-hydrogen) atoms. The average Bonchev–Trinajstić information content (AvgIpc) is 2.46. The molecule has 0 radical (unpaired) electrons. The molecule has 0 bridgehead atoms. The van der Waals surface area contributed by atoms with Crippen LogP contribution in [-0.2, 0) is 10.0 Å². The molecule has 84 valence electrons. The summed E-state index contributed by atoms with van der Waals surface area (Å²) in [6, 6.07) is 0. The summed E-state index contributed by atoms with van der Waals surface area (Å²) in [7, 11) is -3.46. The first-order chi connectivity index (χ1) is 6.97. The molecule has 0 saturated heterocycles. The van der Waals surface area contributed by atoms with Crippen molar-refractivity contribution in [2.75, 3.05) is 12.3 Å². The molecule has 0 aliphatic rings. The van der Waals surface area contributed by atoms with Crippen molar-refractivity contribution in [3.05, 3.63) is 18.3 Å². The lowest BCUT2D eigenvalue weighted by molar-refractivity contribution is 0.583. The quantitative estimate of drug-likeness (QED) is 0.597. The zero-order valence-corrected chi connectivity index (χ0v) is 9.99. The van der Waals surface area contributed by atoms with Crippen molar-refractivity contribution in [1.29, 1.82) is 0 Å². The van der Waals surface area contributed by atoms with E-state index in [0.717, 1.165) is 11.3 Å². The molecule has 1 aromatic rings. The van der Waals surface area contributed by atoms with Crippen LogP contribution in [-0.4, -0.2) is 19.9 Å². The van der Waals surface area contributed by atoms with Gasteiger partial charge in [-0.15, -0.1) is 6.58 Å². The molecule has 0 fully saturated rings. The van der Waals surface area contributed by atoms with E-state index in [9.17, 15) is 8.42 Å². The Morgan fingerprint density at radius 1 is 1.67 bits per heavy atom. The van der Waals surface area contributed by atoms with Crippen molar-refractivity contribution >= 4 is 26.5 Å². The zero-order valence-electron chi connectivity index (χ0n) is 8.36. The molecule has 0 aromatic carbocycles. The lowest BCUT2D eigenvalue weighted by Gasteiger charge is -2.02. The number of aromatic nitrogens is 1. The van der Waals surface area contributed by atoms with Gasteiger partial charge < -0.3 is 5.73 Å². The van der Waals surface area contributed by atoms with E-state index in [-0.39, 0.29) is 9.34 Å². The summed E-state index contributed by atoms with van der Waals surface area (Å²) >= 11 is 0.970. The third-order valence-electron chi connectivity index (χ3n) is 1.66. The van der Waals surface area contributed by atoms with Crippen molar-refractivity contribution in [1.82, 2.24) is 9.71 Å². The maximum atomic E-state index is 11.7.